The van der Waals surface area contributed by atoms with Crippen molar-refractivity contribution in [2.45, 2.75) is 31.7 Å². The first-order chi connectivity index (χ1) is 17.8. The number of pyridine rings is 1. The molecule has 37 heavy (non-hydrogen) atoms. The van der Waals surface area contributed by atoms with Crippen molar-refractivity contribution in [3.8, 4) is 11.1 Å². The van der Waals surface area contributed by atoms with Gasteiger partial charge in [0.25, 0.3) is 0 Å². The van der Waals surface area contributed by atoms with Gasteiger partial charge in [0, 0.05) is 24.2 Å². The fraction of sp³-hybridized carbons (Fsp3) is 0.259. The van der Waals surface area contributed by atoms with E-state index in [1.54, 1.807) is 36.5 Å². The lowest BCUT2D eigenvalue weighted by Gasteiger charge is -2.19. The molecule has 194 valence electrons. The van der Waals surface area contributed by atoms with E-state index < -0.39 is 24.3 Å². The molecule has 0 saturated carbocycles. The van der Waals surface area contributed by atoms with Gasteiger partial charge in [0.15, 0.2) is 0 Å². The highest BCUT2D eigenvalue weighted by molar-refractivity contribution is 6.31. The Hall–Kier alpha value is -3.98. The Morgan fingerprint density at radius 3 is 2.41 bits per heavy atom. The van der Waals surface area contributed by atoms with Gasteiger partial charge in [-0.2, -0.15) is 0 Å². The maximum Gasteiger partial charge on any atom is 0.305 e. The SMILES string of the molecule is O=C(O)CC(NC(=O)CNC(=O)CCCCNc1ccccn1)c1ccc(-c2ccc(F)cc2)cc1Cl. The summed E-state index contributed by atoms with van der Waals surface area (Å²) in [4.78, 5) is 40.1. The highest BCUT2D eigenvalue weighted by Crippen LogP contribution is 2.30. The number of amides is 2. The number of aliphatic carboxylic acids is 1. The molecule has 0 aliphatic carbocycles. The molecular formula is C27H28ClFN4O4. The normalized spacial score (nSPS) is 11.4. The van der Waals surface area contributed by atoms with Gasteiger partial charge in [0.1, 0.15) is 11.6 Å². The third kappa shape index (κ3) is 9.20. The van der Waals surface area contributed by atoms with Crippen molar-refractivity contribution in [2.24, 2.45) is 0 Å². The number of aromatic nitrogens is 1. The average Bonchev–Trinajstić information content (AvgIpc) is 2.87. The lowest BCUT2D eigenvalue weighted by molar-refractivity contribution is -0.138. The van der Waals surface area contributed by atoms with E-state index >= 15 is 0 Å². The second-order valence-corrected chi connectivity index (χ2v) is 8.74. The van der Waals surface area contributed by atoms with Crippen molar-refractivity contribution in [1.29, 1.82) is 0 Å². The van der Waals surface area contributed by atoms with Crippen LogP contribution in [0.15, 0.2) is 66.9 Å². The van der Waals surface area contributed by atoms with Crippen LogP contribution >= 0.6 is 11.6 Å². The largest absolute Gasteiger partial charge is 0.481 e. The Bertz CT molecular complexity index is 1210. The number of nitrogens with zero attached hydrogens (tertiary/aromatic N) is 1. The van der Waals surface area contributed by atoms with Crippen molar-refractivity contribution in [2.75, 3.05) is 18.4 Å². The summed E-state index contributed by atoms with van der Waals surface area (Å²) in [5, 5.41) is 17.9. The number of unbranched alkanes of at least 4 members (excludes halogenated alkanes) is 1. The van der Waals surface area contributed by atoms with Crippen LogP contribution in [0.3, 0.4) is 0 Å². The minimum atomic E-state index is -1.12. The van der Waals surface area contributed by atoms with Crippen LogP contribution in [0.2, 0.25) is 5.02 Å². The van der Waals surface area contributed by atoms with E-state index in [2.05, 4.69) is 20.9 Å². The first-order valence-electron chi connectivity index (χ1n) is 11.8. The summed E-state index contributed by atoms with van der Waals surface area (Å²) in [6, 6.07) is 15.5. The second-order valence-electron chi connectivity index (χ2n) is 8.34. The Balaban J connectivity index is 1.48. The molecule has 4 N–H and O–H groups in total. The molecule has 3 rings (SSSR count). The van der Waals surface area contributed by atoms with E-state index in [1.165, 1.54) is 12.1 Å². The highest BCUT2D eigenvalue weighted by Gasteiger charge is 2.21. The molecule has 2 amide bonds. The van der Waals surface area contributed by atoms with Gasteiger partial charge in [-0.3, -0.25) is 14.4 Å². The van der Waals surface area contributed by atoms with Crippen LogP contribution in [0.1, 0.15) is 37.3 Å². The van der Waals surface area contributed by atoms with Gasteiger partial charge in [-0.05, 0) is 59.9 Å². The van der Waals surface area contributed by atoms with Crippen LogP contribution in [0, 0.1) is 5.82 Å². The summed E-state index contributed by atoms with van der Waals surface area (Å²) in [5.41, 5.74) is 1.88. The Morgan fingerprint density at radius 1 is 0.973 bits per heavy atom. The predicted octanol–water partition coefficient (Wildman–Crippen LogP) is 4.57. The van der Waals surface area contributed by atoms with Crippen molar-refractivity contribution in [3.63, 3.8) is 0 Å². The monoisotopic (exact) mass is 526 g/mol. The number of carboxylic acid groups (broad SMARTS) is 1. The zero-order valence-electron chi connectivity index (χ0n) is 20.0. The van der Waals surface area contributed by atoms with E-state index in [9.17, 15) is 23.9 Å². The molecule has 1 unspecified atom stereocenters. The number of hydrogen-bond donors (Lipinski definition) is 4. The van der Waals surface area contributed by atoms with E-state index in [1.807, 2.05) is 18.2 Å². The summed E-state index contributed by atoms with van der Waals surface area (Å²) in [6.45, 7) is 0.384. The molecule has 0 spiro atoms. The molecule has 2 aromatic carbocycles. The number of anilines is 1. The van der Waals surface area contributed by atoms with Crippen LogP contribution in [-0.4, -0.2) is 41.0 Å². The Morgan fingerprint density at radius 2 is 1.73 bits per heavy atom. The molecule has 0 fully saturated rings. The molecule has 0 bridgehead atoms. The smallest absolute Gasteiger partial charge is 0.305 e. The number of halogens is 2. The van der Waals surface area contributed by atoms with Gasteiger partial charge in [-0.1, -0.05) is 41.9 Å². The number of benzene rings is 2. The lowest BCUT2D eigenvalue weighted by Crippen LogP contribution is -2.39. The van der Waals surface area contributed by atoms with Crippen LogP contribution in [0.25, 0.3) is 11.1 Å². The summed E-state index contributed by atoms with van der Waals surface area (Å²) in [7, 11) is 0. The minimum absolute atomic E-state index is 0.256. The van der Waals surface area contributed by atoms with Crippen LogP contribution < -0.4 is 16.0 Å². The van der Waals surface area contributed by atoms with Crippen molar-refractivity contribution in [1.82, 2.24) is 15.6 Å². The average molecular weight is 527 g/mol. The molecular weight excluding hydrogens is 499 g/mol. The lowest BCUT2D eigenvalue weighted by atomic mass is 9.98. The molecule has 3 aromatic rings. The van der Waals surface area contributed by atoms with Gasteiger partial charge in [-0.15, -0.1) is 0 Å². The number of rotatable bonds is 13. The number of hydrogen-bond acceptors (Lipinski definition) is 5. The zero-order valence-corrected chi connectivity index (χ0v) is 20.8. The second kappa shape index (κ2) is 13.9. The fourth-order valence-corrected chi connectivity index (χ4v) is 3.96. The third-order valence-electron chi connectivity index (χ3n) is 5.52. The van der Waals surface area contributed by atoms with Gasteiger partial charge in [0.05, 0.1) is 19.0 Å². The summed E-state index contributed by atoms with van der Waals surface area (Å²) < 4.78 is 13.2. The molecule has 10 heteroatoms. The number of carboxylic acids is 1. The maximum atomic E-state index is 13.2. The van der Waals surface area contributed by atoms with E-state index in [4.69, 9.17) is 11.6 Å². The van der Waals surface area contributed by atoms with Gasteiger partial charge < -0.3 is 21.1 Å². The minimum Gasteiger partial charge on any atom is -0.481 e. The molecule has 1 atom stereocenters. The quantitative estimate of drug-likeness (QED) is 0.242. The highest BCUT2D eigenvalue weighted by atomic mass is 35.5. The molecule has 0 aliphatic heterocycles. The molecule has 8 nitrogen and oxygen atoms in total. The molecule has 0 saturated heterocycles. The molecule has 0 radical (unpaired) electrons. The summed E-state index contributed by atoms with van der Waals surface area (Å²) in [6.07, 6.45) is 2.94. The van der Waals surface area contributed by atoms with Crippen LogP contribution in [0.4, 0.5) is 10.2 Å². The Labute approximate surface area is 219 Å². The van der Waals surface area contributed by atoms with Crippen molar-refractivity contribution >= 4 is 35.2 Å². The van der Waals surface area contributed by atoms with E-state index in [-0.39, 0.29) is 29.7 Å². The number of carbonyl (C=O) groups is 3. The van der Waals surface area contributed by atoms with Crippen LogP contribution in [-0.2, 0) is 14.4 Å². The predicted molar refractivity (Wildman–Crippen MR) is 140 cm³/mol. The summed E-state index contributed by atoms with van der Waals surface area (Å²) >= 11 is 6.42. The topological polar surface area (TPSA) is 120 Å². The fourth-order valence-electron chi connectivity index (χ4n) is 3.65. The maximum absolute atomic E-state index is 13.2. The van der Waals surface area contributed by atoms with Crippen molar-refractivity contribution in [3.05, 3.63) is 83.3 Å². The van der Waals surface area contributed by atoms with E-state index in [0.717, 1.165) is 23.4 Å². The molecule has 0 aliphatic rings. The number of nitrogens with one attached hydrogen (secondary N) is 3. The first-order valence-corrected chi connectivity index (χ1v) is 12.2. The number of carbonyl (C=O) groups excluding carboxylic acids is 2. The van der Waals surface area contributed by atoms with E-state index in [0.29, 0.717) is 18.5 Å². The van der Waals surface area contributed by atoms with Crippen LogP contribution in [0.5, 0.6) is 0 Å². The van der Waals surface area contributed by atoms with Gasteiger partial charge >= 0.3 is 5.97 Å². The third-order valence-corrected chi connectivity index (χ3v) is 5.84. The van der Waals surface area contributed by atoms with Gasteiger partial charge in [0.2, 0.25) is 11.8 Å². The van der Waals surface area contributed by atoms with Crippen molar-refractivity contribution < 1.29 is 23.9 Å². The Kier molecular flexibility index (Phi) is 10.4. The molecule has 1 heterocycles. The summed E-state index contributed by atoms with van der Waals surface area (Å²) in [5.74, 6) is -1.52. The molecule has 1 aromatic heterocycles. The zero-order chi connectivity index (χ0) is 26.6. The van der Waals surface area contributed by atoms with Gasteiger partial charge in [-0.25, -0.2) is 9.37 Å². The standard InChI is InChI=1S/C27H28ClFN4O4/c28-22-15-19(18-7-10-20(29)11-8-18)9-12-21(22)23(16-27(36)37)33-26(35)17-32-25(34)6-2-4-14-31-24-5-1-3-13-30-24/h1,3,5,7-13,15,23H,2,4,6,14,16-17H2,(H,30,31)(H,32,34)(H,33,35)(H,36,37). The first kappa shape index (κ1) is 27.6.